The van der Waals surface area contributed by atoms with E-state index in [1.54, 1.807) is 37.3 Å². The lowest BCUT2D eigenvalue weighted by Crippen LogP contribution is -2.69. The maximum atomic E-state index is 12.9. The molecular weight excluding hydrogens is 408 g/mol. The molecule has 1 aromatic rings. The molecule has 3 N–H and O–H groups in total. The molecule has 13 nitrogen and oxygen atoms in total. The van der Waals surface area contributed by atoms with Crippen LogP contribution in [0, 0.1) is 0 Å². The number of β-lactam (4-membered cyclic amide) rings is 1. The number of benzene rings is 1. The van der Waals surface area contributed by atoms with E-state index < -0.39 is 47.9 Å². The minimum atomic E-state index is -1.26. The molecule has 0 radical (unpaired) electrons. The second-order valence-corrected chi connectivity index (χ2v) is 6.78. The Morgan fingerprint density at radius 3 is 2.55 bits per heavy atom. The third kappa shape index (κ3) is 4.41. The number of rotatable bonds is 6. The summed E-state index contributed by atoms with van der Waals surface area (Å²) in [6.45, 7) is 2.23. The van der Waals surface area contributed by atoms with E-state index >= 15 is 0 Å². The van der Waals surface area contributed by atoms with Gasteiger partial charge in [-0.15, -0.1) is 0 Å². The molecule has 13 heteroatoms. The number of hydrogen-bond acceptors (Lipinski definition) is 6. The monoisotopic (exact) mass is 428 g/mol. The van der Waals surface area contributed by atoms with Crippen LogP contribution in [0.1, 0.15) is 18.5 Å². The fourth-order valence-corrected chi connectivity index (χ4v) is 3.22. The van der Waals surface area contributed by atoms with Crippen molar-refractivity contribution in [2.45, 2.75) is 25.2 Å². The molecule has 6 amide bonds. The number of carbonyl (C=O) groups is 5. The van der Waals surface area contributed by atoms with Gasteiger partial charge in [-0.25, -0.2) is 4.79 Å². The Morgan fingerprint density at radius 2 is 1.94 bits per heavy atom. The van der Waals surface area contributed by atoms with Crippen LogP contribution in [0.5, 0.6) is 0 Å². The second kappa shape index (κ2) is 9.13. The molecular formula is C18H20N8O5. The fourth-order valence-electron chi connectivity index (χ4n) is 3.22. The molecule has 0 saturated carbocycles. The normalized spacial score (nSPS) is 21.4. The van der Waals surface area contributed by atoms with Gasteiger partial charge in [0.05, 0.1) is 0 Å². The van der Waals surface area contributed by atoms with Crippen LogP contribution in [-0.2, 0) is 19.2 Å². The lowest BCUT2D eigenvalue weighted by atomic mass is 10.0. The zero-order valence-corrected chi connectivity index (χ0v) is 16.5. The van der Waals surface area contributed by atoms with Gasteiger partial charge in [-0.3, -0.25) is 24.1 Å². The van der Waals surface area contributed by atoms with Gasteiger partial charge in [0.2, 0.25) is 11.8 Å². The third-order valence-corrected chi connectivity index (χ3v) is 4.96. The van der Waals surface area contributed by atoms with Crippen molar-refractivity contribution in [3.8, 4) is 0 Å². The molecule has 2 saturated heterocycles. The standard InChI is InChI=1S/C18H20N8O5/c1-2-25-8-9-26(17(30)16(25)29)18(31)21-11(10-6-4-3-5-7-10)14(27)20-12-13(23-24-19)22-15(12)28/h3-7,11-13H,2,8-9H2,1H3,(H,20,27)(H,21,31)(H,22,28)/t11?,12-,13-/m0/s1. The maximum absolute atomic E-state index is 12.9. The summed E-state index contributed by atoms with van der Waals surface area (Å²) in [6, 6.07) is 4.90. The smallest absolute Gasteiger partial charge is 0.325 e. The Bertz CT molecular complexity index is 961. The average molecular weight is 428 g/mol. The first-order chi connectivity index (χ1) is 14.9. The highest BCUT2D eigenvalue weighted by atomic mass is 16.2. The largest absolute Gasteiger partial charge is 0.343 e. The van der Waals surface area contributed by atoms with Crippen molar-refractivity contribution in [2.24, 2.45) is 5.11 Å². The molecule has 2 heterocycles. The molecule has 1 aromatic carbocycles. The van der Waals surface area contributed by atoms with Crippen LogP contribution in [0.2, 0.25) is 0 Å². The van der Waals surface area contributed by atoms with E-state index in [0.29, 0.717) is 12.1 Å². The second-order valence-electron chi connectivity index (χ2n) is 6.78. The van der Waals surface area contributed by atoms with E-state index in [2.05, 4.69) is 26.0 Å². The Hall–Kier alpha value is -4.12. The molecule has 2 fully saturated rings. The van der Waals surface area contributed by atoms with Crippen LogP contribution in [0.4, 0.5) is 4.79 Å². The van der Waals surface area contributed by atoms with Crippen molar-refractivity contribution < 1.29 is 24.0 Å². The van der Waals surface area contributed by atoms with Crippen LogP contribution < -0.4 is 16.0 Å². The summed E-state index contributed by atoms with van der Waals surface area (Å²) in [5.74, 6) is -3.07. The van der Waals surface area contributed by atoms with Crippen LogP contribution in [0.25, 0.3) is 10.4 Å². The highest BCUT2D eigenvalue weighted by Gasteiger charge is 2.42. The number of imide groups is 1. The first-order valence-corrected chi connectivity index (χ1v) is 9.48. The number of carbonyl (C=O) groups excluding carboxylic acids is 5. The first kappa shape index (κ1) is 21.6. The predicted octanol–water partition coefficient (Wildman–Crippen LogP) is -0.621. The molecule has 0 aliphatic carbocycles. The van der Waals surface area contributed by atoms with Gasteiger partial charge in [0.1, 0.15) is 18.2 Å². The summed E-state index contributed by atoms with van der Waals surface area (Å²) in [4.78, 5) is 66.4. The van der Waals surface area contributed by atoms with Crippen molar-refractivity contribution in [3.63, 3.8) is 0 Å². The van der Waals surface area contributed by atoms with E-state index in [1.165, 1.54) is 4.90 Å². The molecule has 3 atom stereocenters. The number of nitrogens with one attached hydrogen (secondary N) is 3. The summed E-state index contributed by atoms with van der Waals surface area (Å²) in [6.07, 6.45) is -0.949. The summed E-state index contributed by atoms with van der Waals surface area (Å²) >= 11 is 0. The molecule has 0 aromatic heterocycles. The number of nitrogens with zero attached hydrogens (tertiary/aromatic N) is 5. The van der Waals surface area contributed by atoms with Crippen LogP contribution in [0.3, 0.4) is 0 Å². The summed E-state index contributed by atoms with van der Waals surface area (Å²) in [5, 5.41) is 10.6. The van der Waals surface area contributed by atoms with Crippen molar-refractivity contribution in [1.29, 1.82) is 0 Å². The van der Waals surface area contributed by atoms with Crippen LogP contribution in [-0.4, -0.2) is 71.3 Å². The molecule has 0 bridgehead atoms. The Balaban J connectivity index is 1.77. The minimum absolute atomic E-state index is 0.0165. The fraction of sp³-hybridized carbons (Fsp3) is 0.389. The van der Waals surface area contributed by atoms with Crippen molar-refractivity contribution >= 4 is 29.7 Å². The molecule has 31 heavy (non-hydrogen) atoms. The number of amides is 6. The predicted molar refractivity (Wildman–Crippen MR) is 105 cm³/mol. The summed E-state index contributed by atoms with van der Waals surface area (Å²) in [5.41, 5.74) is 8.93. The van der Waals surface area contributed by atoms with Gasteiger partial charge in [0.15, 0.2) is 0 Å². The quantitative estimate of drug-likeness (QED) is 0.179. The van der Waals surface area contributed by atoms with E-state index in [1.807, 2.05) is 0 Å². The Labute approximate surface area is 176 Å². The van der Waals surface area contributed by atoms with Gasteiger partial charge in [-0.1, -0.05) is 35.4 Å². The molecule has 3 rings (SSSR count). The highest BCUT2D eigenvalue weighted by Crippen LogP contribution is 2.17. The molecule has 2 aliphatic heterocycles. The molecule has 1 unspecified atom stereocenters. The van der Waals surface area contributed by atoms with Crippen LogP contribution >= 0.6 is 0 Å². The van der Waals surface area contributed by atoms with E-state index in [4.69, 9.17) is 5.53 Å². The molecule has 0 spiro atoms. The maximum Gasteiger partial charge on any atom is 0.325 e. The summed E-state index contributed by atoms with van der Waals surface area (Å²) < 4.78 is 0. The van der Waals surface area contributed by atoms with Crippen molar-refractivity contribution in [1.82, 2.24) is 25.8 Å². The SMILES string of the molecule is CCN1CCN(C(=O)NC(C(=O)N[C@@H]2C(=O)N[C@H]2N=[N+]=[N-])c2ccccc2)C(=O)C1=O. The highest BCUT2D eigenvalue weighted by molar-refractivity contribution is 6.38. The lowest BCUT2D eigenvalue weighted by molar-refractivity contribution is -0.153. The van der Waals surface area contributed by atoms with E-state index in [9.17, 15) is 24.0 Å². The van der Waals surface area contributed by atoms with Gasteiger partial charge < -0.3 is 20.9 Å². The van der Waals surface area contributed by atoms with Gasteiger partial charge in [0, 0.05) is 24.5 Å². The average Bonchev–Trinajstić information content (AvgIpc) is 2.77. The first-order valence-electron chi connectivity index (χ1n) is 9.48. The summed E-state index contributed by atoms with van der Waals surface area (Å²) in [7, 11) is 0. The number of hydrogen-bond donors (Lipinski definition) is 3. The number of urea groups is 1. The third-order valence-electron chi connectivity index (χ3n) is 4.96. The zero-order valence-electron chi connectivity index (χ0n) is 16.5. The molecule has 2 aliphatic rings. The topological polar surface area (TPSA) is 177 Å². The lowest BCUT2D eigenvalue weighted by Gasteiger charge is -2.35. The van der Waals surface area contributed by atoms with Crippen LogP contribution in [0.15, 0.2) is 35.4 Å². The van der Waals surface area contributed by atoms with Gasteiger partial charge in [0.25, 0.3) is 0 Å². The number of azide groups is 1. The van der Waals surface area contributed by atoms with E-state index in [-0.39, 0.29) is 13.1 Å². The zero-order chi connectivity index (χ0) is 22.5. The minimum Gasteiger partial charge on any atom is -0.343 e. The Morgan fingerprint density at radius 1 is 1.23 bits per heavy atom. The molecule has 162 valence electrons. The van der Waals surface area contributed by atoms with Gasteiger partial charge >= 0.3 is 17.8 Å². The van der Waals surface area contributed by atoms with Gasteiger partial charge in [-0.2, -0.15) is 0 Å². The van der Waals surface area contributed by atoms with Crippen molar-refractivity contribution in [3.05, 3.63) is 46.3 Å². The van der Waals surface area contributed by atoms with E-state index in [0.717, 1.165) is 4.90 Å². The van der Waals surface area contributed by atoms with Gasteiger partial charge in [-0.05, 0) is 18.0 Å². The number of piperazine rings is 1. The number of likely N-dealkylation sites (N-methyl/N-ethyl adjacent to an activating group) is 1. The van der Waals surface area contributed by atoms with Crippen molar-refractivity contribution in [2.75, 3.05) is 19.6 Å². The Kier molecular flexibility index (Phi) is 6.36.